The first-order chi connectivity index (χ1) is 9.52. The van der Waals surface area contributed by atoms with Crippen LogP contribution in [0.2, 0.25) is 0 Å². The highest BCUT2D eigenvalue weighted by Gasteiger charge is 2.18. The van der Waals surface area contributed by atoms with Crippen LogP contribution in [0.5, 0.6) is 0 Å². The molecule has 2 aromatic heterocycles. The van der Waals surface area contributed by atoms with Crippen LogP contribution in [0.1, 0.15) is 23.0 Å². The molecule has 20 heavy (non-hydrogen) atoms. The summed E-state index contributed by atoms with van der Waals surface area (Å²) in [6.07, 6.45) is 3.29. The fourth-order valence-electron chi connectivity index (χ4n) is 1.71. The Morgan fingerprint density at radius 2 is 2.15 bits per heavy atom. The molecular formula is C13H13BrN4O2. The van der Waals surface area contributed by atoms with Crippen molar-refractivity contribution in [2.24, 2.45) is 0 Å². The third-order valence-electron chi connectivity index (χ3n) is 2.56. The summed E-state index contributed by atoms with van der Waals surface area (Å²) in [7, 11) is 0. The van der Waals surface area contributed by atoms with Crippen molar-refractivity contribution in [1.82, 2.24) is 15.0 Å². The van der Waals surface area contributed by atoms with Crippen LogP contribution in [-0.2, 0) is 4.74 Å². The van der Waals surface area contributed by atoms with E-state index in [1.807, 2.05) is 6.07 Å². The average Bonchev–Trinajstić information content (AvgIpc) is 2.38. The standard InChI is InChI=1S/C13H13BrN4O2/c1-3-20-13(19)10-7(2)17-12(18-11(10)15)8-4-9(14)6-16-5-8/h4-6H,3H2,1-2H3,(H2,15,17,18). The quantitative estimate of drug-likeness (QED) is 0.865. The van der Waals surface area contributed by atoms with Crippen molar-refractivity contribution < 1.29 is 9.53 Å². The number of anilines is 1. The maximum absolute atomic E-state index is 11.8. The van der Waals surface area contributed by atoms with E-state index in [-0.39, 0.29) is 18.0 Å². The van der Waals surface area contributed by atoms with Gasteiger partial charge in [0.1, 0.15) is 11.4 Å². The van der Waals surface area contributed by atoms with Crippen molar-refractivity contribution in [3.63, 3.8) is 0 Å². The van der Waals surface area contributed by atoms with E-state index in [0.717, 1.165) is 4.47 Å². The van der Waals surface area contributed by atoms with Gasteiger partial charge in [-0.3, -0.25) is 4.98 Å². The Bertz CT molecular complexity index is 638. The molecule has 2 N–H and O–H groups in total. The largest absolute Gasteiger partial charge is 0.462 e. The Morgan fingerprint density at radius 1 is 1.40 bits per heavy atom. The number of pyridine rings is 1. The highest BCUT2D eigenvalue weighted by atomic mass is 79.9. The summed E-state index contributed by atoms with van der Waals surface area (Å²) in [6, 6.07) is 1.82. The van der Waals surface area contributed by atoms with Crippen LogP contribution < -0.4 is 5.73 Å². The number of nitrogens with two attached hydrogens (primary N) is 1. The van der Waals surface area contributed by atoms with Gasteiger partial charge in [-0.15, -0.1) is 0 Å². The van der Waals surface area contributed by atoms with Crippen molar-refractivity contribution in [1.29, 1.82) is 0 Å². The molecule has 0 radical (unpaired) electrons. The molecule has 0 saturated heterocycles. The van der Waals surface area contributed by atoms with Crippen LogP contribution in [0.3, 0.4) is 0 Å². The molecule has 0 atom stereocenters. The number of rotatable bonds is 3. The van der Waals surface area contributed by atoms with Crippen LogP contribution in [0, 0.1) is 6.92 Å². The van der Waals surface area contributed by atoms with E-state index in [9.17, 15) is 4.79 Å². The van der Waals surface area contributed by atoms with Crippen LogP contribution in [-0.4, -0.2) is 27.5 Å². The van der Waals surface area contributed by atoms with Gasteiger partial charge in [-0.25, -0.2) is 14.8 Å². The predicted molar refractivity (Wildman–Crippen MR) is 78.1 cm³/mol. The molecule has 6 nitrogen and oxygen atoms in total. The molecule has 2 aromatic rings. The van der Waals surface area contributed by atoms with Gasteiger partial charge < -0.3 is 10.5 Å². The number of halogens is 1. The summed E-state index contributed by atoms with van der Waals surface area (Å²) < 4.78 is 5.75. The topological polar surface area (TPSA) is 91.0 Å². The zero-order valence-electron chi connectivity index (χ0n) is 11.1. The van der Waals surface area contributed by atoms with Crippen LogP contribution in [0.4, 0.5) is 5.82 Å². The van der Waals surface area contributed by atoms with Gasteiger partial charge in [0.25, 0.3) is 0 Å². The lowest BCUT2D eigenvalue weighted by Crippen LogP contribution is -2.13. The molecule has 0 amide bonds. The van der Waals surface area contributed by atoms with Crippen molar-refractivity contribution in [3.8, 4) is 11.4 Å². The van der Waals surface area contributed by atoms with Crippen molar-refractivity contribution >= 4 is 27.7 Å². The Kier molecular flexibility index (Phi) is 4.29. The Labute approximate surface area is 124 Å². The van der Waals surface area contributed by atoms with E-state index in [4.69, 9.17) is 10.5 Å². The molecule has 0 aliphatic rings. The summed E-state index contributed by atoms with van der Waals surface area (Å²) in [5.41, 5.74) is 7.24. The Balaban J connectivity index is 2.47. The van der Waals surface area contributed by atoms with E-state index < -0.39 is 5.97 Å². The number of aryl methyl sites for hydroxylation is 1. The van der Waals surface area contributed by atoms with E-state index in [0.29, 0.717) is 17.1 Å². The van der Waals surface area contributed by atoms with Gasteiger partial charge in [0.2, 0.25) is 0 Å². The monoisotopic (exact) mass is 336 g/mol. The second kappa shape index (κ2) is 5.96. The third kappa shape index (κ3) is 2.93. The Hall–Kier alpha value is -2.02. The first-order valence-electron chi connectivity index (χ1n) is 5.95. The van der Waals surface area contributed by atoms with Gasteiger partial charge in [-0.05, 0) is 35.8 Å². The lowest BCUT2D eigenvalue weighted by molar-refractivity contribution is 0.0526. The number of nitrogen functional groups attached to an aromatic ring is 1. The third-order valence-corrected chi connectivity index (χ3v) is 2.99. The normalized spacial score (nSPS) is 10.3. The smallest absolute Gasteiger partial charge is 0.343 e. The van der Waals surface area contributed by atoms with Crippen LogP contribution in [0.15, 0.2) is 22.9 Å². The molecule has 0 aliphatic carbocycles. The molecule has 0 unspecified atom stereocenters. The molecule has 0 saturated carbocycles. The highest BCUT2D eigenvalue weighted by molar-refractivity contribution is 9.10. The second-order valence-corrected chi connectivity index (χ2v) is 4.92. The zero-order valence-corrected chi connectivity index (χ0v) is 12.6. The van der Waals surface area contributed by atoms with E-state index >= 15 is 0 Å². The van der Waals surface area contributed by atoms with Crippen molar-refractivity contribution in [2.75, 3.05) is 12.3 Å². The molecule has 0 aromatic carbocycles. The number of hydrogen-bond acceptors (Lipinski definition) is 6. The molecule has 2 rings (SSSR count). The minimum absolute atomic E-state index is 0.103. The van der Waals surface area contributed by atoms with Gasteiger partial charge >= 0.3 is 5.97 Å². The van der Waals surface area contributed by atoms with Crippen molar-refractivity contribution in [3.05, 3.63) is 34.2 Å². The second-order valence-electron chi connectivity index (χ2n) is 4.01. The first-order valence-corrected chi connectivity index (χ1v) is 6.74. The number of esters is 1. The average molecular weight is 337 g/mol. The first kappa shape index (κ1) is 14.4. The lowest BCUT2D eigenvalue weighted by atomic mass is 10.2. The van der Waals surface area contributed by atoms with Crippen LogP contribution in [0.25, 0.3) is 11.4 Å². The lowest BCUT2D eigenvalue weighted by Gasteiger charge is -2.09. The number of ether oxygens (including phenoxy) is 1. The van der Waals surface area contributed by atoms with Gasteiger partial charge in [0, 0.05) is 22.4 Å². The van der Waals surface area contributed by atoms with Gasteiger partial charge in [0.05, 0.1) is 12.3 Å². The van der Waals surface area contributed by atoms with Gasteiger partial charge in [-0.1, -0.05) is 0 Å². The Morgan fingerprint density at radius 3 is 2.75 bits per heavy atom. The zero-order chi connectivity index (χ0) is 14.7. The summed E-state index contributed by atoms with van der Waals surface area (Å²) in [5, 5.41) is 0. The summed E-state index contributed by atoms with van der Waals surface area (Å²) >= 11 is 3.33. The summed E-state index contributed by atoms with van der Waals surface area (Å²) in [6.45, 7) is 3.69. The van der Waals surface area contributed by atoms with Gasteiger partial charge in [0.15, 0.2) is 5.82 Å². The molecule has 0 aliphatic heterocycles. The number of carbonyl (C=O) groups excluding carboxylic acids is 1. The predicted octanol–water partition coefficient (Wildman–Crippen LogP) is 2.37. The summed E-state index contributed by atoms with van der Waals surface area (Å²) in [4.78, 5) is 24.3. The maximum atomic E-state index is 11.8. The van der Waals surface area contributed by atoms with Crippen molar-refractivity contribution in [2.45, 2.75) is 13.8 Å². The minimum atomic E-state index is -0.513. The molecule has 2 heterocycles. The fourth-order valence-corrected chi connectivity index (χ4v) is 2.08. The number of hydrogen-bond donors (Lipinski definition) is 1. The minimum Gasteiger partial charge on any atom is -0.462 e. The SMILES string of the molecule is CCOC(=O)c1c(C)nc(-c2cncc(Br)c2)nc1N. The fraction of sp³-hybridized carbons (Fsp3) is 0.231. The molecular weight excluding hydrogens is 324 g/mol. The number of aromatic nitrogens is 3. The van der Waals surface area contributed by atoms with E-state index in [1.54, 1.807) is 26.2 Å². The molecule has 7 heteroatoms. The molecule has 0 bridgehead atoms. The summed E-state index contributed by atoms with van der Waals surface area (Å²) in [5.74, 6) is 0.00851. The van der Waals surface area contributed by atoms with Gasteiger partial charge in [-0.2, -0.15) is 0 Å². The molecule has 0 spiro atoms. The van der Waals surface area contributed by atoms with Crippen LogP contribution >= 0.6 is 15.9 Å². The number of nitrogens with zero attached hydrogens (tertiary/aromatic N) is 3. The van der Waals surface area contributed by atoms with E-state index in [2.05, 4.69) is 30.9 Å². The maximum Gasteiger partial charge on any atom is 0.343 e. The molecule has 104 valence electrons. The molecule has 0 fully saturated rings. The highest BCUT2D eigenvalue weighted by Crippen LogP contribution is 2.22. The number of carbonyl (C=O) groups is 1. The van der Waals surface area contributed by atoms with E-state index in [1.165, 1.54) is 0 Å².